The summed E-state index contributed by atoms with van der Waals surface area (Å²) in [6.45, 7) is 3.89. The van der Waals surface area contributed by atoms with E-state index in [2.05, 4.69) is 5.43 Å². The zero-order valence-corrected chi connectivity index (χ0v) is 18.5. The number of fused-ring (bicyclic) bond motifs is 1. The van der Waals surface area contributed by atoms with Crippen molar-refractivity contribution in [3.63, 3.8) is 0 Å². The number of nitrogens with one attached hydrogen (secondary N) is 1. The van der Waals surface area contributed by atoms with Crippen LogP contribution in [-0.2, 0) is 14.8 Å². The summed E-state index contributed by atoms with van der Waals surface area (Å²) in [6.07, 6.45) is 0.0397. The lowest BCUT2D eigenvalue weighted by Gasteiger charge is -2.25. The molecule has 30 heavy (non-hydrogen) atoms. The second-order valence-electron chi connectivity index (χ2n) is 7.61. The number of sulfonamides is 1. The fourth-order valence-corrected chi connectivity index (χ4v) is 4.93. The van der Waals surface area contributed by atoms with E-state index in [0.717, 1.165) is 21.9 Å². The maximum atomic E-state index is 13.6. The summed E-state index contributed by atoms with van der Waals surface area (Å²) in [5, 5.41) is 3.37. The molecule has 1 N–H and O–H groups in total. The molecule has 0 fully saturated rings. The van der Waals surface area contributed by atoms with Gasteiger partial charge in [0.15, 0.2) is 0 Å². The smallest absolute Gasteiger partial charge is 0.264 e. The Morgan fingerprint density at radius 3 is 2.17 bits per heavy atom. The van der Waals surface area contributed by atoms with E-state index < -0.39 is 10.0 Å². The van der Waals surface area contributed by atoms with E-state index >= 15 is 0 Å². The zero-order chi connectivity index (χ0) is 21.9. The predicted octanol–water partition coefficient (Wildman–Crippen LogP) is 3.63. The van der Waals surface area contributed by atoms with Crippen LogP contribution in [0.2, 0.25) is 0 Å². The van der Waals surface area contributed by atoms with Crippen LogP contribution in [0.3, 0.4) is 0 Å². The van der Waals surface area contributed by atoms with Gasteiger partial charge in [-0.15, -0.1) is 0 Å². The topological polar surface area (TPSA) is 69.7 Å². The molecule has 158 valence electrons. The van der Waals surface area contributed by atoms with Gasteiger partial charge in [-0.05, 0) is 60.0 Å². The third kappa shape index (κ3) is 4.98. The molecule has 0 atom stereocenters. The lowest BCUT2D eigenvalue weighted by molar-refractivity contribution is -0.124. The molecule has 0 unspecified atom stereocenters. The fourth-order valence-electron chi connectivity index (χ4n) is 3.45. The van der Waals surface area contributed by atoms with Crippen LogP contribution in [0.5, 0.6) is 0 Å². The van der Waals surface area contributed by atoms with Crippen LogP contribution in [0.1, 0.15) is 17.5 Å². The van der Waals surface area contributed by atoms with Gasteiger partial charge in [0.1, 0.15) is 0 Å². The highest BCUT2D eigenvalue weighted by Crippen LogP contribution is 2.28. The third-order valence-corrected chi connectivity index (χ3v) is 6.52. The molecule has 0 saturated carbocycles. The van der Waals surface area contributed by atoms with Gasteiger partial charge < -0.3 is 0 Å². The van der Waals surface area contributed by atoms with E-state index in [4.69, 9.17) is 0 Å². The minimum atomic E-state index is -3.86. The standard InChI is InChI=1S/C23H27N3O3S/c1-17-13-18(2)15-21(14-17)26(12-11-23(27)24-25(3)4)30(28,29)22-10-9-19-7-5-6-8-20(19)16-22/h5-10,13-16H,11-12H2,1-4H3,(H,24,27). The number of anilines is 1. The molecule has 3 rings (SSSR count). The summed E-state index contributed by atoms with van der Waals surface area (Å²) in [5.41, 5.74) is 5.13. The van der Waals surface area contributed by atoms with Crippen LogP contribution >= 0.6 is 0 Å². The molecule has 0 spiro atoms. The molecule has 0 aliphatic heterocycles. The number of carbonyl (C=O) groups excluding carboxylic acids is 1. The average Bonchev–Trinajstić information content (AvgIpc) is 2.66. The number of hydrogen-bond donors (Lipinski definition) is 1. The Morgan fingerprint density at radius 2 is 1.53 bits per heavy atom. The van der Waals surface area contributed by atoms with Crippen molar-refractivity contribution >= 4 is 32.4 Å². The highest BCUT2D eigenvalue weighted by atomic mass is 32.2. The molecule has 7 heteroatoms. The summed E-state index contributed by atoms with van der Waals surface area (Å²) in [4.78, 5) is 12.4. The van der Waals surface area contributed by atoms with Gasteiger partial charge in [0.25, 0.3) is 10.0 Å². The van der Waals surface area contributed by atoms with Gasteiger partial charge in [-0.25, -0.2) is 13.4 Å². The number of hydrazine groups is 1. The van der Waals surface area contributed by atoms with Crippen LogP contribution in [0.25, 0.3) is 10.8 Å². The first-order valence-electron chi connectivity index (χ1n) is 9.73. The first-order valence-corrected chi connectivity index (χ1v) is 11.2. The zero-order valence-electron chi connectivity index (χ0n) is 17.7. The van der Waals surface area contributed by atoms with Crippen LogP contribution in [0.4, 0.5) is 5.69 Å². The number of benzene rings is 3. The normalized spacial score (nSPS) is 11.6. The molecule has 0 heterocycles. The van der Waals surface area contributed by atoms with Gasteiger partial charge in [0, 0.05) is 27.1 Å². The molecule has 0 aromatic heterocycles. The van der Waals surface area contributed by atoms with Crippen LogP contribution in [-0.4, -0.2) is 40.0 Å². The molecule has 0 bridgehead atoms. The number of rotatable bonds is 7. The Hall–Kier alpha value is -2.90. The van der Waals surface area contributed by atoms with Crippen molar-refractivity contribution in [2.45, 2.75) is 25.2 Å². The third-order valence-electron chi connectivity index (χ3n) is 4.69. The molecule has 3 aromatic carbocycles. The van der Waals surface area contributed by atoms with Crippen LogP contribution < -0.4 is 9.73 Å². The summed E-state index contributed by atoms with van der Waals surface area (Å²) in [6, 6.07) is 18.4. The lowest BCUT2D eigenvalue weighted by Crippen LogP contribution is -2.39. The second kappa shape index (κ2) is 8.85. The first-order chi connectivity index (χ1) is 14.2. The van der Waals surface area contributed by atoms with Gasteiger partial charge >= 0.3 is 0 Å². The van der Waals surface area contributed by atoms with E-state index in [1.807, 2.05) is 56.3 Å². The SMILES string of the molecule is Cc1cc(C)cc(N(CCC(=O)NN(C)C)S(=O)(=O)c2ccc3ccccc3c2)c1. The van der Waals surface area contributed by atoms with E-state index in [1.54, 1.807) is 37.3 Å². The van der Waals surface area contributed by atoms with Crippen molar-refractivity contribution in [2.75, 3.05) is 24.9 Å². The summed E-state index contributed by atoms with van der Waals surface area (Å²) >= 11 is 0. The summed E-state index contributed by atoms with van der Waals surface area (Å²) in [7, 11) is -0.436. The molecular formula is C23H27N3O3S. The molecule has 0 aliphatic rings. The monoisotopic (exact) mass is 425 g/mol. The minimum absolute atomic E-state index is 0.0394. The first kappa shape index (κ1) is 21.8. The second-order valence-corrected chi connectivity index (χ2v) is 9.47. The average molecular weight is 426 g/mol. The Bertz CT molecular complexity index is 1150. The Kier molecular flexibility index (Phi) is 6.43. The van der Waals surface area contributed by atoms with Crippen molar-refractivity contribution in [1.29, 1.82) is 0 Å². The Labute approximate surface area is 178 Å². The van der Waals surface area contributed by atoms with Crippen molar-refractivity contribution in [2.24, 2.45) is 0 Å². The van der Waals surface area contributed by atoms with E-state index in [1.165, 1.54) is 4.31 Å². The minimum Gasteiger partial charge on any atom is -0.289 e. The summed E-state index contributed by atoms with van der Waals surface area (Å²) in [5.74, 6) is -0.247. The number of carbonyl (C=O) groups is 1. The van der Waals surface area contributed by atoms with E-state index in [9.17, 15) is 13.2 Å². The van der Waals surface area contributed by atoms with Gasteiger partial charge in [-0.1, -0.05) is 36.4 Å². The number of aryl methyl sites for hydroxylation is 2. The highest BCUT2D eigenvalue weighted by Gasteiger charge is 2.26. The van der Waals surface area contributed by atoms with Gasteiger partial charge in [-0.2, -0.15) is 0 Å². The number of nitrogens with zero attached hydrogens (tertiary/aromatic N) is 2. The Balaban J connectivity index is 2.03. The Morgan fingerprint density at radius 1 is 0.900 bits per heavy atom. The van der Waals surface area contributed by atoms with Crippen LogP contribution in [0, 0.1) is 13.8 Å². The molecule has 0 radical (unpaired) electrons. The molecule has 1 amide bonds. The number of amides is 1. The van der Waals surface area contributed by atoms with E-state index in [0.29, 0.717) is 5.69 Å². The van der Waals surface area contributed by atoms with E-state index in [-0.39, 0.29) is 23.8 Å². The maximum absolute atomic E-state index is 13.6. The molecular weight excluding hydrogens is 398 g/mol. The van der Waals surface area contributed by atoms with Gasteiger partial charge in [0.2, 0.25) is 5.91 Å². The molecule has 0 aliphatic carbocycles. The predicted molar refractivity (Wildman–Crippen MR) is 121 cm³/mol. The quantitative estimate of drug-likeness (QED) is 0.587. The molecule has 0 saturated heterocycles. The van der Waals surface area contributed by atoms with Crippen molar-refractivity contribution < 1.29 is 13.2 Å². The van der Waals surface area contributed by atoms with Crippen LogP contribution in [0.15, 0.2) is 65.6 Å². The van der Waals surface area contributed by atoms with Crippen molar-refractivity contribution in [1.82, 2.24) is 10.4 Å². The van der Waals surface area contributed by atoms with Crippen molar-refractivity contribution in [3.05, 3.63) is 71.8 Å². The lowest BCUT2D eigenvalue weighted by atomic mass is 10.1. The summed E-state index contributed by atoms with van der Waals surface area (Å²) < 4.78 is 28.6. The molecule has 6 nitrogen and oxygen atoms in total. The maximum Gasteiger partial charge on any atom is 0.264 e. The fraction of sp³-hybridized carbons (Fsp3) is 0.261. The highest BCUT2D eigenvalue weighted by molar-refractivity contribution is 7.92. The molecule has 3 aromatic rings. The van der Waals surface area contributed by atoms with Gasteiger partial charge in [0.05, 0.1) is 10.6 Å². The van der Waals surface area contributed by atoms with Gasteiger partial charge in [-0.3, -0.25) is 14.5 Å². The number of hydrogen-bond acceptors (Lipinski definition) is 4. The van der Waals surface area contributed by atoms with Crippen molar-refractivity contribution in [3.8, 4) is 0 Å². The largest absolute Gasteiger partial charge is 0.289 e.